The van der Waals surface area contributed by atoms with E-state index in [1.165, 1.54) is 0 Å². The molecule has 1 saturated heterocycles. The first-order valence-electron chi connectivity index (χ1n) is 8.13. The maximum Gasteiger partial charge on any atom is 0.258 e. The third-order valence-electron chi connectivity index (χ3n) is 4.12. The molecule has 0 saturated carbocycles. The predicted octanol–water partition coefficient (Wildman–Crippen LogP) is 1.47. The first kappa shape index (κ1) is 17.6. The molecule has 1 fully saturated rings. The third-order valence-corrected chi connectivity index (χ3v) is 4.12. The van der Waals surface area contributed by atoms with Gasteiger partial charge in [0.1, 0.15) is 0 Å². The number of benzene rings is 1. The lowest BCUT2D eigenvalue weighted by atomic mass is 9.79. The second-order valence-corrected chi connectivity index (χ2v) is 7.73. The number of hydrogen-bond donors (Lipinski definition) is 2. The highest BCUT2D eigenvalue weighted by Crippen LogP contribution is 2.26. The van der Waals surface area contributed by atoms with E-state index in [0.717, 1.165) is 12.8 Å². The minimum absolute atomic E-state index is 0.00143. The molecule has 0 spiro atoms. The maximum absolute atomic E-state index is 12.2. The molecule has 1 aromatic rings. The van der Waals surface area contributed by atoms with Gasteiger partial charge in [0.2, 0.25) is 0 Å². The summed E-state index contributed by atoms with van der Waals surface area (Å²) in [4.78, 5) is 12.2. The largest absolute Gasteiger partial charge is 0.493 e. The summed E-state index contributed by atoms with van der Waals surface area (Å²) in [7, 11) is 1.59. The van der Waals surface area contributed by atoms with Crippen molar-refractivity contribution in [3.8, 4) is 11.5 Å². The van der Waals surface area contributed by atoms with Crippen LogP contribution in [0.25, 0.3) is 0 Å². The lowest BCUT2D eigenvalue weighted by molar-refractivity contribution is -0.787. The second-order valence-electron chi connectivity index (χ2n) is 7.73. The number of amides is 1. The van der Waals surface area contributed by atoms with Crippen molar-refractivity contribution in [1.82, 2.24) is 5.32 Å². The topological polar surface area (TPSA) is 64.2 Å². The lowest BCUT2D eigenvalue weighted by Crippen LogP contribution is -3.06. The molecule has 1 aromatic carbocycles. The summed E-state index contributed by atoms with van der Waals surface area (Å²) in [5.41, 5.74) is 0.256. The Morgan fingerprint density at radius 2 is 1.74 bits per heavy atom. The standard InChI is InChI=1S/C18H28N2O3/c1-17(2)10-13(11-18(3,4)20-17)19-16(21)12-23-15-9-7-6-8-14(15)22-5/h6-9,13,20H,10-12H2,1-5H3,(H,19,21)/p+1. The number of ether oxygens (including phenoxy) is 2. The highest BCUT2D eigenvalue weighted by atomic mass is 16.5. The van der Waals surface area contributed by atoms with Crippen LogP contribution in [0.1, 0.15) is 40.5 Å². The van der Waals surface area contributed by atoms with Gasteiger partial charge < -0.3 is 20.1 Å². The number of methoxy groups -OCH3 is 1. The first-order valence-corrected chi connectivity index (χ1v) is 8.13. The van der Waals surface area contributed by atoms with Crippen LogP contribution in [0.4, 0.5) is 0 Å². The molecule has 128 valence electrons. The minimum atomic E-state index is -0.0885. The highest BCUT2D eigenvalue weighted by Gasteiger charge is 2.42. The van der Waals surface area contributed by atoms with E-state index in [1.54, 1.807) is 13.2 Å². The number of carbonyl (C=O) groups excluding carboxylic acids is 1. The van der Waals surface area contributed by atoms with Gasteiger partial charge in [-0.25, -0.2) is 0 Å². The summed E-state index contributed by atoms with van der Waals surface area (Å²) >= 11 is 0. The van der Waals surface area contributed by atoms with Crippen LogP contribution in [0, 0.1) is 0 Å². The molecule has 0 aromatic heterocycles. The minimum Gasteiger partial charge on any atom is -0.493 e. The molecule has 0 aliphatic carbocycles. The van der Waals surface area contributed by atoms with Crippen molar-refractivity contribution in [2.24, 2.45) is 0 Å². The molecule has 0 unspecified atom stereocenters. The predicted molar refractivity (Wildman–Crippen MR) is 89.7 cm³/mol. The fraction of sp³-hybridized carbons (Fsp3) is 0.611. The zero-order chi connectivity index (χ0) is 17.1. The number of para-hydroxylation sites is 2. The van der Waals surface area contributed by atoms with Crippen molar-refractivity contribution < 1.29 is 19.6 Å². The molecule has 2 rings (SSSR count). The van der Waals surface area contributed by atoms with Crippen molar-refractivity contribution in [1.29, 1.82) is 0 Å². The average Bonchev–Trinajstić information content (AvgIpc) is 2.42. The van der Waals surface area contributed by atoms with Gasteiger partial charge in [0.05, 0.1) is 18.2 Å². The Kier molecular flexibility index (Phi) is 5.19. The Bertz CT molecular complexity index is 539. The Morgan fingerprint density at radius 1 is 1.17 bits per heavy atom. The molecule has 3 N–H and O–H groups in total. The van der Waals surface area contributed by atoms with Crippen molar-refractivity contribution >= 4 is 5.91 Å². The molecule has 0 radical (unpaired) electrons. The summed E-state index contributed by atoms with van der Waals surface area (Å²) < 4.78 is 10.8. The quantitative estimate of drug-likeness (QED) is 0.863. The van der Waals surface area contributed by atoms with Crippen LogP contribution >= 0.6 is 0 Å². The van der Waals surface area contributed by atoms with Crippen LogP contribution in [0.2, 0.25) is 0 Å². The zero-order valence-corrected chi connectivity index (χ0v) is 14.8. The van der Waals surface area contributed by atoms with Crippen molar-refractivity contribution in [2.45, 2.75) is 57.7 Å². The van der Waals surface area contributed by atoms with E-state index >= 15 is 0 Å². The second kappa shape index (κ2) is 6.79. The molecule has 1 heterocycles. The number of nitrogens with two attached hydrogens (primary N) is 1. The number of carbonyl (C=O) groups is 1. The average molecular weight is 321 g/mol. The van der Waals surface area contributed by atoms with Gasteiger partial charge in [-0.15, -0.1) is 0 Å². The zero-order valence-electron chi connectivity index (χ0n) is 14.8. The number of piperidine rings is 1. The summed E-state index contributed by atoms with van der Waals surface area (Å²) in [6.45, 7) is 8.88. The van der Waals surface area contributed by atoms with Crippen LogP contribution < -0.4 is 20.1 Å². The van der Waals surface area contributed by atoms with E-state index in [9.17, 15) is 4.79 Å². The van der Waals surface area contributed by atoms with E-state index < -0.39 is 0 Å². The molecule has 1 aliphatic rings. The van der Waals surface area contributed by atoms with Gasteiger partial charge >= 0.3 is 0 Å². The van der Waals surface area contributed by atoms with Crippen LogP contribution in [-0.4, -0.2) is 36.7 Å². The number of rotatable bonds is 5. The Hall–Kier alpha value is -1.75. The van der Waals surface area contributed by atoms with Crippen molar-refractivity contribution in [3.63, 3.8) is 0 Å². The molecule has 0 atom stereocenters. The molecular weight excluding hydrogens is 292 g/mol. The van der Waals surface area contributed by atoms with Gasteiger partial charge in [0, 0.05) is 18.9 Å². The number of hydrogen-bond acceptors (Lipinski definition) is 3. The summed E-state index contributed by atoms with van der Waals surface area (Å²) in [5, 5.41) is 5.51. The van der Waals surface area contributed by atoms with E-state index in [0.29, 0.717) is 11.5 Å². The first-order chi connectivity index (χ1) is 10.7. The maximum atomic E-state index is 12.2. The van der Waals surface area contributed by atoms with Gasteiger partial charge in [-0.2, -0.15) is 0 Å². The van der Waals surface area contributed by atoms with Crippen LogP contribution in [0.15, 0.2) is 24.3 Å². The van der Waals surface area contributed by atoms with Gasteiger partial charge in [0.25, 0.3) is 5.91 Å². The van der Waals surface area contributed by atoms with Gasteiger partial charge in [0.15, 0.2) is 18.1 Å². The number of nitrogens with one attached hydrogen (secondary N) is 1. The normalized spacial score (nSPS) is 19.9. The lowest BCUT2D eigenvalue weighted by Gasteiger charge is -2.43. The van der Waals surface area contributed by atoms with E-state index in [-0.39, 0.29) is 29.6 Å². The Labute approximate surface area is 138 Å². The fourth-order valence-corrected chi connectivity index (χ4v) is 3.77. The summed E-state index contributed by atoms with van der Waals surface area (Å²) in [6.07, 6.45) is 1.91. The Morgan fingerprint density at radius 3 is 2.30 bits per heavy atom. The molecule has 1 amide bonds. The fourth-order valence-electron chi connectivity index (χ4n) is 3.77. The Balaban J connectivity index is 1.89. The van der Waals surface area contributed by atoms with Crippen LogP contribution in [0.5, 0.6) is 11.5 Å². The molecular formula is C18H29N2O3+. The van der Waals surface area contributed by atoms with E-state index in [1.807, 2.05) is 18.2 Å². The third kappa shape index (κ3) is 5.13. The van der Waals surface area contributed by atoms with E-state index in [4.69, 9.17) is 9.47 Å². The SMILES string of the molecule is COc1ccccc1OCC(=O)NC1CC(C)(C)[NH2+]C(C)(C)C1. The van der Waals surface area contributed by atoms with Crippen LogP contribution in [-0.2, 0) is 4.79 Å². The smallest absolute Gasteiger partial charge is 0.258 e. The molecule has 5 nitrogen and oxygen atoms in total. The van der Waals surface area contributed by atoms with Gasteiger partial charge in [-0.3, -0.25) is 4.79 Å². The molecule has 0 bridgehead atoms. The summed E-state index contributed by atoms with van der Waals surface area (Å²) in [5.74, 6) is 1.13. The van der Waals surface area contributed by atoms with Crippen molar-refractivity contribution in [3.05, 3.63) is 24.3 Å². The molecule has 5 heteroatoms. The van der Waals surface area contributed by atoms with E-state index in [2.05, 4.69) is 38.3 Å². The molecule has 23 heavy (non-hydrogen) atoms. The summed E-state index contributed by atoms with van der Waals surface area (Å²) in [6, 6.07) is 7.52. The molecule has 1 aliphatic heterocycles. The van der Waals surface area contributed by atoms with Gasteiger partial charge in [-0.05, 0) is 39.8 Å². The van der Waals surface area contributed by atoms with Crippen molar-refractivity contribution in [2.75, 3.05) is 13.7 Å². The monoisotopic (exact) mass is 321 g/mol. The highest BCUT2D eigenvalue weighted by molar-refractivity contribution is 5.78. The number of quaternary nitrogens is 1. The van der Waals surface area contributed by atoms with Gasteiger partial charge in [-0.1, -0.05) is 12.1 Å². The van der Waals surface area contributed by atoms with Crippen LogP contribution in [0.3, 0.4) is 0 Å².